The lowest BCUT2D eigenvalue weighted by Gasteiger charge is -2.10. The van der Waals surface area contributed by atoms with Crippen LogP contribution in [-0.4, -0.2) is 17.1 Å². The zero-order valence-electron chi connectivity index (χ0n) is 11.1. The van der Waals surface area contributed by atoms with Gasteiger partial charge in [0.25, 0.3) is 0 Å². The molecule has 0 aliphatic carbocycles. The molecule has 0 spiro atoms. The van der Waals surface area contributed by atoms with Crippen LogP contribution in [0.15, 0.2) is 66.7 Å². The molecule has 0 aromatic heterocycles. The third kappa shape index (κ3) is 4.37. The summed E-state index contributed by atoms with van der Waals surface area (Å²) in [5.74, 6) is -0.881. The first-order chi connectivity index (χ1) is 9.75. The van der Waals surface area contributed by atoms with Gasteiger partial charge < -0.3 is 5.11 Å². The number of carbonyl (C=O) groups is 1. The van der Waals surface area contributed by atoms with Crippen LogP contribution in [0.25, 0.3) is 6.08 Å². The fourth-order valence-electron chi connectivity index (χ4n) is 1.83. The van der Waals surface area contributed by atoms with Gasteiger partial charge in [0.05, 0.1) is 0 Å². The molecule has 3 nitrogen and oxygen atoms in total. The topological polar surface area (TPSA) is 49.3 Å². The third-order valence-electron chi connectivity index (χ3n) is 2.92. The summed E-state index contributed by atoms with van der Waals surface area (Å²) in [5.41, 5.74) is 2.05. The third-order valence-corrected chi connectivity index (χ3v) is 2.92. The Morgan fingerprint density at radius 1 is 1.05 bits per heavy atom. The fourth-order valence-corrected chi connectivity index (χ4v) is 1.83. The molecular formula is C17H17NO2. The predicted molar refractivity (Wildman–Crippen MR) is 80.2 cm³/mol. The normalized spacial score (nSPS) is 12.4. The number of benzene rings is 2. The van der Waals surface area contributed by atoms with E-state index in [0.717, 1.165) is 11.1 Å². The number of carboxylic acids is 1. The van der Waals surface area contributed by atoms with Gasteiger partial charge in [-0.3, -0.25) is 10.1 Å². The van der Waals surface area contributed by atoms with Crippen molar-refractivity contribution >= 4 is 12.0 Å². The van der Waals surface area contributed by atoms with E-state index >= 15 is 0 Å². The Hall–Kier alpha value is -2.39. The minimum atomic E-state index is -0.881. The van der Waals surface area contributed by atoms with Crippen molar-refractivity contribution in [3.05, 3.63) is 77.9 Å². The van der Waals surface area contributed by atoms with Crippen molar-refractivity contribution in [3.63, 3.8) is 0 Å². The van der Waals surface area contributed by atoms with Crippen LogP contribution in [0.3, 0.4) is 0 Å². The van der Waals surface area contributed by atoms with E-state index in [1.54, 1.807) is 6.08 Å². The Labute approximate surface area is 118 Å². The number of nitrogens with one attached hydrogen (secondary N) is 1. The van der Waals surface area contributed by atoms with Crippen LogP contribution < -0.4 is 5.32 Å². The summed E-state index contributed by atoms with van der Waals surface area (Å²) in [6.45, 7) is 0.525. The maximum Gasteiger partial charge on any atom is 0.324 e. The van der Waals surface area contributed by atoms with E-state index < -0.39 is 12.0 Å². The van der Waals surface area contributed by atoms with Crippen LogP contribution in [0, 0.1) is 0 Å². The Morgan fingerprint density at radius 3 is 2.25 bits per heavy atom. The highest BCUT2D eigenvalue weighted by Crippen LogP contribution is 2.04. The summed E-state index contributed by atoms with van der Waals surface area (Å²) in [6.07, 6.45) is 3.48. The van der Waals surface area contributed by atoms with E-state index in [2.05, 4.69) is 5.32 Å². The molecule has 2 N–H and O–H groups in total. The number of hydrogen-bond donors (Lipinski definition) is 2. The van der Waals surface area contributed by atoms with Crippen molar-refractivity contribution in [2.45, 2.75) is 12.6 Å². The van der Waals surface area contributed by atoms with Gasteiger partial charge in [-0.05, 0) is 11.1 Å². The van der Waals surface area contributed by atoms with Gasteiger partial charge in [-0.25, -0.2) is 0 Å². The molecule has 1 unspecified atom stereocenters. The number of hydrogen-bond acceptors (Lipinski definition) is 2. The number of carboxylic acid groups (broad SMARTS) is 1. The first-order valence-electron chi connectivity index (χ1n) is 6.49. The van der Waals surface area contributed by atoms with Gasteiger partial charge in [0.1, 0.15) is 6.04 Å². The largest absolute Gasteiger partial charge is 0.480 e. The molecule has 0 aliphatic rings. The van der Waals surface area contributed by atoms with Gasteiger partial charge in [0.2, 0.25) is 0 Å². The van der Waals surface area contributed by atoms with Crippen molar-refractivity contribution in [2.24, 2.45) is 0 Å². The SMILES string of the molecule is O=C(O)C(C=Cc1ccccc1)NCc1ccccc1. The lowest BCUT2D eigenvalue weighted by Crippen LogP contribution is -2.34. The second-order valence-corrected chi connectivity index (χ2v) is 4.45. The smallest absolute Gasteiger partial charge is 0.324 e. The first kappa shape index (κ1) is 14.0. The Morgan fingerprint density at radius 2 is 1.65 bits per heavy atom. The molecule has 2 aromatic rings. The zero-order chi connectivity index (χ0) is 14.2. The molecule has 0 amide bonds. The standard InChI is InChI=1S/C17H17NO2/c19-17(20)16(12-11-14-7-3-1-4-8-14)18-13-15-9-5-2-6-10-15/h1-12,16,18H,13H2,(H,19,20). The summed E-state index contributed by atoms with van der Waals surface area (Å²) >= 11 is 0. The zero-order valence-corrected chi connectivity index (χ0v) is 11.1. The average Bonchev–Trinajstić information content (AvgIpc) is 2.49. The highest BCUT2D eigenvalue weighted by Gasteiger charge is 2.12. The van der Waals surface area contributed by atoms with Crippen molar-refractivity contribution in [3.8, 4) is 0 Å². The molecule has 0 saturated carbocycles. The van der Waals surface area contributed by atoms with Crippen LogP contribution in [-0.2, 0) is 11.3 Å². The van der Waals surface area contributed by atoms with Crippen LogP contribution in [0.4, 0.5) is 0 Å². The summed E-state index contributed by atoms with van der Waals surface area (Å²) in [5, 5.41) is 12.2. The molecule has 3 heteroatoms. The molecule has 1 atom stereocenters. The van der Waals surface area contributed by atoms with E-state index in [9.17, 15) is 9.90 Å². The maximum atomic E-state index is 11.2. The monoisotopic (exact) mass is 267 g/mol. The van der Waals surface area contributed by atoms with Gasteiger partial charge in [-0.15, -0.1) is 0 Å². The van der Waals surface area contributed by atoms with E-state index in [-0.39, 0.29) is 0 Å². The Bertz CT molecular complexity index is 564. The quantitative estimate of drug-likeness (QED) is 0.846. The molecule has 2 aromatic carbocycles. The van der Waals surface area contributed by atoms with Gasteiger partial charge >= 0.3 is 5.97 Å². The highest BCUT2D eigenvalue weighted by molar-refractivity contribution is 5.77. The maximum absolute atomic E-state index is 11.2. The second-order valence-electron chi connectivity index (χ2n) is 4.45. The van der Waals surface area contributed by atoms with Crippen molar-refractivity contribution < 1.29 is 9.90 Å². The minimum Gasteiger partial charge on any atom is -0.480 e. The lowest BCUT2D eigenvalue weighted by atomic mass is 10.1. The summed E-state index contributed by atoms with van der Waals surface area (Å²) in [4.78, 5) is 11.2. The molecule has 0 aliphatic heterocycles. The molecule has 2 rings (SSSR count). The van der Waals surface area contributed by atoms with Crippen LogP contribution in [0.1, 0.15) is 11.1 Å². The molecule has 0 saturated heterocycles. The van der Waals surface area contributed by atoms with E-state index in [1.165, 1.54) is 0 Å². The highest BCUT2D eigenvalue weighted by atomic mass is 16.4. The fraction of sp³-hybridized carbons (Fsp3) is 0.118. The van der Waals surface area contributed by atoms with E-state index in [1.807, 2.05) is 66.7 Å². The van der Waals surface area contributed by atoms with Crippen LogP contribution in [0.5, 0.6) is 0 Å². The number of aliphatic carboxylic acids is 1. The van der Waals surface area contributed by atoms with Crippen LogP contribution in [0.2, 0.25) is 0 Å². The summed E-state index contributed by atoms with van der Waals surface area (Å²) in [6, 6.07) is 18.7. The second kappa shape index (κ2) is 7.26. The van der Waals surface area contributed by atoms with E-state index in [0.29, 0.717) is 6.54 Å². The molecule has 20 heavy (non-hydrogen) atoms. The van der Waals surface area contributed by atoms with Crippen molar-refractivity contribution in [1.29, 1.82) is 0 Å². The van der Waals surface area contributed by atoms with Gasteiger partial charge in [-0.1, -0.05) is 72.8 Å². The molecule has 102 valence electrons. The van der Waals surface area contributed by atoms with Crippen molar-refractivity contribution in [2.75, 3.05) is 0 Å². The molecule has 0 bridgehead atoms. The average molecular weight is 267 g/mol. The minimum absolute atomic E-state index is 0.525. The molecule has 0 radical (unpaired) electrons. The van der Waals surface area contributed by atoms with E-state index in [4.69, 9.17) is 0 Å². The summed E-state index contributed by atoms with van der Waals surface area (Å²) in [7, 11) is 0. The summed E-state index contributed by atoms with van der Waals surface area (Å²) < 4.78 is 0. The first-order valence-corrected chi connectivity index (χ1v) is 6.49. The van der Waals surface area contributed by atoms with Gasteiger partial charge in [-0.2, -0.15) is 0 Å². The number of rotatable bonds is 6. The Balaban J connectivity index is 1.97. The molecule has 0 fully saturated rings. The predicted octanol–water partition coefficient (Wildman–Crippen LogP) is 2.94. The molecule has 0 heterocycles. The van der Waals surface area contributed by atoms with Crippen LogP contribution >= 0.6 is 0 Å². The molecular weight excluding hydrogens is 250 g/mol. The lowest BCUT2D eigenvalue weighted by molar-refractivity contribution is -0.138. The van der Waals surface area contributed by atoms with Gasteiger partial charge in [0, 0.05) is 6.54 Å². The van der Waals surface area contributed by atoms with Crippen molar-refractivity contribution in [1.82, 2.24) is 5.32 Å². The Kier molecular flexibility index (Phi) is 5.09. The van der Waals surface area contributed by atoms with Gasteiger partial charge in [0.15, 0.2) is 0 Å².